The molecule has 0 unspecified atom stereocenters. The molecule has 0 saturated heterocycles. The largest absolute Gasteiger partial charge is 0.469 e. The number of rotatable bonds is 2. The van der Waals surface area contributed by atoms with Gasteiger partial charge in [0.05, 0.1) is 19.2 Å². The first-order valence-corrected chi connectivity index (χ1v) is 3.74. The number of carbonyl (C=O) groups is 1. The minimum atomic E-state index is -0.513. The first kappa shape index (κ1) is 9.51. The quantitative estimate of drug-likeness (QED) is 0.552. The van der Waals surface area contributed by atoms with Crippen molar-refractivity contribution in [2.24, 2.45) is 0 Å². The Morgan fingerprint density at radius 2 is 2.31 bits per heavy atom. The molecule has 0 amide bonds. The summed E-state index contributed by atoms with van der Waals surface area (Å²) >= 11 is 0. The van der Waals surface area contributed by atoms with E-state index in [4.69, 9.17) is 5.73 Å². The van der Waals surface area contributed by atoms with Gasteiger partial charge < -0.3 is 10.5 Å². The highest BCUT2D eigenvalue weighted by Crippen LogP contribution is 2.12. The van der Waals surface area contributed by atoms with Crippen LogP contribution in [0.15, 0.2) is 18.2 Å². The monoisotopic (exact) mass is 183 g/mol. The molecular weight excluding hydrogens is 173 g/mol. The van der Waals surface area contributed by atoms with E-state index < -0.39 is 11.8 Å². The van der Waals surface area contributed by atoms with Gasteiger partial charge in [-0.15, -0.1) is 0 Å². The number of hydrogen-bond donors (Lipinski definition) is 1. The zero-order valence-electron chi connectivity index (χ0n) is 7.21. The number of anilines is 1. The molecule has 1 aromatic rings. The molecule has 1 aromatic carbocycles. The van der Waals surface area contributed by atoms with E-state index in [9.17, 15) is 9.18 Å². The number of esters is 1. The molecule has 0 bridgehead atoms. The lowest BCUT2D eigenvalue weighted by Crippen LogP contribution is -2.05. The fourth-order valence-electron chi connectivity index (χ4n) is 0.919. The van der Waals surface area contributed by atoms with Crippen LogP contribution in [0.5, 0.6) is 0 Å². The van der Waals surface area contributed by atoms with E-state index in [1.165, 1.54) is 19.2 Å². The highest BCUT2D eigenvalue weighted by atomic mass is 19.1. The van der Waals surface area contributed by atoms with E-state index >= 15 is 0 Å². The van der Waals surface area contributed by atoms with Crippen molar-refractivity contribution >= 4 is 11.7 Å². The Hall–Kier alpha value is -1.58. The van der Waals surface area contributed by atoms with Gasteiger partial charge in [-0.05, 0) is 17.7 Å². The summed E-state index contributed by atoms with van der Waals surface area (Å²) in [5.41, 5.74) is 5.89. The molecule has 0 heterocycles. The number of hydrogen-bond acceptors (Lipinski definition) is 3. The Morgan fingerprint density at radius 1 is 1.62 bits per heavy atom. The lowest BCUT2D eigenvalue weighted by Gasteiger charge is -2.01. The van der Waals surface area contributed by atoms with E-state index in [0.29, 0.717) is 5.56 Å². The van der Waals surface area contributed by atoms with Crippen LogP contribution >= 0.6 is 0 Å². The number of nitrogen functional groups attached to an aromatic ring is 1. The maximum Gasteiger partial charge on any atom is 0.309 e. The van der Waals surface area contributed by atoms with Crippen molar-refractivity contribution in [2.75, 3.05) is 12.8 Å². The molecule has 0 spiro atoms. The molecule has 13 heavy (non-hydrogen) atoms. The minimum absolute atomic E-state index is 0.0632. The Balaban J connectivity index is 2.79. The zero-order valence-corrected chi connectivity index (χ0v) is 7.21. The molecular formula is C9H10FNO2. The summed E-state index contributed by atoms with van der Waals surface area (Å²) in [4.78, 5) is 10.8. The molecule has 0 radical (unpaired) electrons. The van der Waals surface area contributed by atoms with Gasteiger partial charge in [0.2, 0.25) is 0 Å². The number of carbonyl (C=O) groups excluding carboxylic acids is 1. The Morgan fingerprint density at radius 3 is 2.85 bits per heavy atom. The van der Waals surface area contributed by atoms with Gasteiger partial charge in [0.15, 0.2) is 0 Å². The third-order valence-corrected chi connectivity index (χ3v) is 1.64. The third-order valence-electron chi connectivity index (χ3n) is 1.64. The second-order valence-electron chi connectivity index (χ2n) is 2.61. The standard InChI is InChI=1S/C9H10FNO2/c1-13-9(12)5-6-2-3-8(11)7(10)4-6/h2-4H,5,11H2,1H3. The summed E-state index contributed by atoms with van der Waals surface area (Å²) in [6.45, 7) is 0. The van der Waals surface area contributed by atoms with Crippen molar-refractivity contribution in [3.8, 4) is 0 Å². The molecule has 0 fully saturated rings. The van der Waals surface area contributed by atoms with Gasteiger partial charge >= 0.3 is 5.97 Å². The van der Waals surface area contributed by atoms with E-state index in [-0.39, 0.29) is 12.1 Å². The van der Waals surface area contributed by atoms with Crippen LogP contribution in [0.2, 0.25) is 0 Å². The van der Waals surface area contributed by atoms with Gasteiger partial charge in [-0.25, -0.2) is 4.39 Å². The molecule has 70 valence electrons. The van der Waals surface area contributed by atoms with Crippen molar-refractivity contribution in [2.45, 2.75) is 6.42 Å². The Kier molecular flexibility index (Phi) is 2.84. The van der Waals surface area contributed by atoms with Crippen LogP contribution < -0.4 is 5.73 Å². The molecule has 0 atom stereocenters. The van der Waals surface area contributed by atoms with Crippen LogP contribution in [0.3, 0.4) is 0 Å². The van der Waals surface area contributed by atoms with Crippen molar-refractivity contribution < 1.29 is 13.9 Å². The zero-order chi connectivity index (χ0) is 9.84. The molecule has 0 aliphatic carbocycles. The Bertz CT molecular complexity index is 325. The summed E-state index contributed by atoms with van der Waals surface area (Å²) in [7, 11) is 1.29. The first-order valence-electron chi connectivity index (χ1n) is 3.74. The van der Waals surface area contributed by atoms with Gasteiger partial charge in [-0.1, -0.05) is 6.07 Å². The average molecular weight is 183 g/mol. The summed E-state index contributed by atoms with van der Waals surface area (Å²) in [5.74, 6) is -0.912. The van der Waals surface area contributed by atoms with E-state index in [2.05, 4.69) is 4.74 Å². The van der Waals surface area contributed by atoms with Crippen LogP contribution in [-0.2, 0) is 16.0 Å². The van der Waals surface area contributed by atoms with Crippen molar-refractivity contribution in [3.05, 3.63) is 29.6 Å². The molecule has 4 heteroatoms. The predicted octanol–water partition coefficient (Wildman–Crippen LogP) is 1.12. The predicted molar refractivity (Wildman–Crippen MR) is 46.5 cm³/mol. The van der Waals surface area contributed by atoms with E-state index in [1.54, 1.807) is 6.07 Å². The number of ether oxygens (including phenoxy) is 1. The second-order valence-corrected chi connectivity index (χ2v) is 2.61. The topological polar surface area (TPSA) is 52.3 Å². The first-order chi connectivity index (χ1) is 6.13. The summed E-state index contributed by atoms with van der Waals surface area (Å²) < 4.78 is 17.3. The van der Waals surface area contributed by atoms with Gasteiger partial charge in [0.25, 0.3) is 0 Å². The van der Waals surface area contributed by atoms with Crippen molar-refractivity contribution in [3.63, 3.8) is 0 Å². The molecule has 0 aliphatic heterocycles. The van der Waals surface area contributed by atoms with Crippen LogP contribution in [-0.4, -0.2) is 13.1 Å². The summed E-state index contributed by atoms with van der Waals surface area (Å²) in [6, 6.07) is 4.25. The molecule has 3 nitrogen and oxygen atoms in total. The minimum Gasteiger partial charge on any atom is -0.469 e. The highest BCUT2D eigenvalue weighted by Gasteiger charge is 2.05. The number of benzene rings is 1. The smallest absolute Gasteiger partial charge is 0.309 e. The van der Waals surface area contributed by atoms with Gasteiger partial charge in [-0.2, -0.15) is 0 Å². The molecule has 2 N–H and O–H groups in total. The SMILES string of the molecule is COC(=O)Cc1ccc(N)c(F)c1. The van der Waals surface area contributed by atoms with Crippen LogP contribution in [0.25, 0.3) is 0 Å². The Labute approximate surface area is 75.3 Å². The summed E-state index contributed by atoms with van der Waals surface area (Å²) in [6.07, 6.45) is 0.0632. The van der Waals surface area contributed by atoms with Crippen LogP contribution in [0, 0.1) is 5.82 Å². The van der Waals surface area contributed by atoms with E-state index in [0.717, 1.165) is 0 Å². The van der Waals surface area contributed by atoms with Gasteiger partial charge in [0.1, 0.15) is 5.82 Å². The molecule has 0 aliphatic rings. The fraction of sp³-hybridized carbons (Fsp3) is 0.222. The van der Waals surface area contributed by atoms with Crippen molar-refractivity contribution in [1.29, 1.82) is 0 Å². The fourth-order valence-corrected chi connectivity index (χ4v) is 0.919. The maximum atomic E-state index is 12.9. The normalized spacial score (nSPS) is 9.69. The van der Waals surface area contributed by atoms with Crippen molar-refractivity contribution in [1.82, 2.24) is 0 Å². The van der Waals surface area contributed by atoms with Gasteiger partial charge in [-0.3, -0.25) is 4.79 Å². The number of methoxy groups -OCH3 is 1. The second kappa shape index (κ2) is 3.89. The lowest BCUT2D eigenvalue weighted by molar-refractivity contribution is -0.139. The molecule has 0 aromatic heterocycles. The molecule has 1 rings (SSSR count). The maximum absolute atomic E-state index is 12.9. The molecule has 0 saturated carbocycles. The van der Waals surface area contributed by atoms with Crippen LogP contribution in [0.1, 0.15) is 5.56 Å². The van der Waals surface area contributed by atoms with Gasteiger partial charge in [0, 0.05) is 0 Å². The highest BCUT2D eigenvalue weighted by molar-refractivity contribution is 5.72. The number of halogens is 1. The lowest BCUT2D eigenvalue weighted by atomic mass is 10.1. The van der Waals surface area contributed by atoms with Crippen LogP contribution in [0.4, 0.5) is 10.1 Å². The summed E-state index contributed by atoms with van der Waals surface area (Å²) in [5, 5.41) is 0. The third kappa shape index (κ3) is 2.43. The van der Waals surface area contributed by atoms with E-state index in [1.807, 2.05) is 0 Å². The number of nitrogens with two attached hydrogens (primary N) is 1. The average Bonchev–Trinajstić information content (AvgIpc) is 2.11.